The summed E-state index contributed by atoms with van der Waals surface area (Å²) in [5, 5.41) is 7.85. The molecule has 4 heterocycles. The molecule has 0 aromatic carbocycles. The van der Waals surface area contributed by atoms with Crippen molar-refractivity contribution in [2.24, 2.45) is 23.7 Å². The van der Waals surface area contributed by atoms with Gasteiger partial charge in [0.1, 0.15) is 0 Å². The molecule has 0 spiro atoms. The first-order valence-electron chi connectivity index (χ1n) is 9.49. The zero-order valence-corrected chi connectivity index (χ0v) is 15.6. The van der Waals surface area contributed by atoms with Crippen molar-refractivity contribution in [2.45, 2.75) is 40.5 Å². The summed E-state index contributed by atoms with van der Waals surface area (Å²) in [5.41, 5.74) is 1.01. The van der Waals surface area contributed by atoms with Crippen molar-refractivity contribution >= 4 is 22.9 Å². The summed E-state index contributed by atoms with van der Waals surface area (Å²) in [6, 6.07) is 0. The molecule has 7 nitrogen and oxygen atoms in total. The van der Waals surface area contributed by atoms with Crippen molar-refractivity contribution in [1.29, 1.82) is 0 Å². The molecule has 0 unspecified atom stereocenters. The third-order valence-corrected chi connectivity index (χ3v) is 5.41. The van der Waals surface area contributed by atoms with Crippen molar-refractivity contribution in [3.8, 4) is 0 Å². The standard InChI is InChI=1S/C18H28N6O/c1-11-5-12(2)8-23(7-11)17-18(20-16-15(19-17)21-25-22-16)24-9-13(3)6-14(4)10-24/h11-14H,5-10H2,1-4H3/t11-,12-,13-,14+/m0/s1. The van der Waals surface area contributed by atoms with Crippen LogP contribution in [0, 0.1) is 23.7 Å². The molecular weight excluding hydrogens is 316 g/mol. The van der Waals surface area contributed by atoms with Crippen molar-refractivity contribution in [3.05, 3.63) is 0 Å². The van der Waals surface area contributed by atoms with E-state index in [4.69, 9.17) is 14.6 Å². The molecule has 136 valence electrons. The summed E-state index contributed by atoms with van der Waals surface area (Å²) in [7, 11) is 0. The van der Waals surface area contributed by atoms with Crippen LogP contribution < -0.4 is 9.80 Å². The number of aromatic nitrogens is 4. The van der Waals surface area contributed by atoms with Crippen LogP contribution in [0.25, 0.3) is 11.3 Å². The SMILES string of the molecule is C[C@@H]1C[C@H](C)CN(c2nc3nonc3nc2N2C[C@@H](C)C[C@H](C)C2)C1. The van der Waals surface area contributed by atoms with Gasteiger partial charge >= 0.3 is 0 Å². The van der Waals surface area contributed by atoms with Gasteiger partial charge in [-0.1, -0.05) is 27.7 Å². The van der Waals surface area contributed by atoms with Crippen LogP contribution in [-0.4, -0.2) is 46.5 Å². The van der Waals surface area contributed by atoms with Crippen LogP contribution in [0.1, 0.15) is 40.5 Å². The van der Waals surface area contributed by atoms with Crippen LogP contribution in [0.15, 0.2) is 4.63 Å². The molecule has 7 heteroatoms. The van der Waals surface area contributed by atoms with Gasteiger partial charge in [0, 0.05) is 26.2 Å². The molecule has 2 aromatic heterocycles. The molecule has 0 amide bonds. The molecule has 25 heavy (non-hydrogen) atoms. The lowest BCUT2D eigenvalue weighted by Gasteiger charge is -2.40. The zero-order chi connectivity index (χ0) is 17.6. The predicted molar refractivity (Wildman–Crippen MR) is 97.7 cm³/mol. The Morgan fingerprint density at radius 3 is 1.40 bits per heavy atom. The van der Waals surface area contributed by atoms with Gasteiger partial charge in [-0.3, -0.25) is 0 Å². The molecule has 2 aliphatic rings. The van der Waals surface area contributed by atoms with Gasteiger partial charge in [0.15, 0.2) is 11.6 Å². The van der Waals surface area contributed by atoms with Gasteiger partial charge in [-0.05, 0) is 46.8 Å². The number of hydrogen-bond acceptors (Lipinski definition) is 7. The molecule has 2 saturated heterocycles. The summed E-state index contributed by atoms with van der Waals surface area (Å²) in [4.78, 5) is 14.4. The minimum absolute atomic E-state index is 0.503. The fourth-order valence-electron chi connectivity index (χ4n) is 4.72. The van der Waals surface area contributed by atoms with Crippen LogP contribution in [0.2, 0.25) is 0 Å². The first-order valence-corrected chi connectivity index (χ1v) is 9.49. The molecular formula is C18H28N6O. The molecule has 0 radical (unpaired) electrons. The Morgan fingerprint density at radius 2 is 1.04 bits per heavy atom. The lowest BCUT2D eigenvalue weighted by atomic mass is 9.91. The van der Waals surface area contributed by atoms with E-state index in [1.165, 1.54) is 12.8 Å². The lowest BCUT2D eigenvalue weighted by Crippen LogP contribution is -2.43. The van der Waals surface area contributed by atoms with E-state index >= 15 is 0 Å². The average Bonchev–Trinajstić information content (AvgIpc) is 2.99. The summed E-state index contributed by atoms with van der Waals surface area (Å²) in [6.07, 6.45) is 2.54. The van der Waals surface area contributed by atoms with Crippen molar-refractivity contribution in [1.82, 2.24) is 20.3 Å². The van der Waals surface area contributed by atoms with E-state index < -0.39 is 0 Å². The Hall–Kier alpha value is -1.92. The second-order valence-electron chi connectivity index (χ2n) is 8.48. The number of fused-ring (bicyclic) bond motifs is 1. The van der Waals surface area contributed by atoms with E-state index in [0.717, 1.165) is 37.8 Å². The van der Waals surface area contributed by atoms with Crippen molar-refractivity contribution in [2.75, 3.05) is 36.0 Å². The average molecular weight is 344 g/mol. The van der Waals surface area contributed by atoms with E-state index in [2.05, 4.69) is 47.8 Å². The van der Waals surface area contributed by atoms with E-state index in [-0.39, 0.29) is 0 Å². The normalized spacial score (nSPS) is 30.9. The molecule has 2 aromatic rings. The van der Waals surface area contributed by atoms with Gasteiger partial charge in [-0.25, -0.2) is 14.6 Å². The van der Waals surface area contributed by atoms with Gasteiger partial charge in [0.2, 0.25) is 11.3 Å². The second-order valence-corrected chi connectivity index (χ2v) is 8.48. The van der Waals surface area contributed by atoms with Gasteiger partial charge in [-0.15, -0.1) is 0 Å². The zero-order valence-electron chi connectivity index (χ0n) is 15.6. The van der Waals surface area contributed by atoms with Gasteiger partial charge in [0.05, 0.1) is 0 Å². The first kappa shape index (κ1) is 16.5. The maximum Gasteiger partial charge on any atom is 0.245 e. The first-order chi connectivity index (χ1) is 12.0. The predicted octanol–water partition coefficient (Wildman–Crippen LogP) is 2.98. The van der Waals surface area contributed by atoms with Crippen LogP contribution in [-0.2, 0) is 0 Å². The van der Waals surface area contributed by atoms with Crippen LogP contribution in [0.3, 0.4) is 0 Å². The fourth-order valence-corrected chi connectivity index (χ4v) is 4.72. The van der Waals surface area contributed by atoms with E-state index in [1.54, 1.807) is 0 Å². The maximum atomic E-state index is 4.87. The topological polar surface area (TPSA) is 71.2 Å². The van der Waals surface area contributed by atoms with Crippen LogP contribution in [0.4, 0.5) is 11.6 Å². The molecule has 0 bridgehead atoms. The van der Waals surface area contributed by atoms with Crippen molar-refractivity contribution < 1.29 is 4.63 Å². The van der Waals surface area contributed by atoms with Crippen LogP contribution >= 0.6 is 0 Å². The van der Waals surface area contributed by atoms with Crippen LogP contribution in [0.5, 0.6) is 0 Å². The summed E-state index contributed by atoms with van der Waals surface area (Å²) >= 11 is 0. The quantitative estimate of drug-likeness (QED) is 0.829. The molecule has 0 saturated carbocycles. The minimum atomic E-state index is 0.503. The lowest BCUT2D eigenvalue weighted by molar-refractivity contribution is 0.314. The second kappa shape index (κ2) is 6.42. The highest BCUT2D eigenvalue weighted by molar-refractivity contribution is 5.75. The largest absolute Gasteiger partial charge is 0.353 e. The molecule has 4 atom stereocenters. The molecule has 0 N–H and O–H groups in total. The number of piperidine rings is 2. The maximum absolute atomic E-state index is 4.87. The minimum Gasteiger partial charge on any atom is -0.353 e. The Bertz CT molecular complexity index is 666. The highest BCUT2D eigenvalue weighted by Gasteiger charge is 2.31. The Labute approximate surface area is 148 Å². The molecule has 2 aliphatic heterocycles. The summed E-state index contributed by atoms with van der Waals surface area (Å²) < 4.78 is 4.87. The third kappa shape index (κ3) is 3.28. The van der Waals surface area contributed by atoms with Gasteiger partial charge < -0.3 is 9.80 Å². The Balaban J connectivity index is 1.76. The number of anilines is 2. The highest BCUT2D eigenvalue weighted by Crippen LogP contribution is 2.35. The van der Waals surface area contributed by atoms with E-state index in [9.17, 15) is 0 Å². The molecule has 2 fully saturated rings. The highest BCUT2D eigenvalue weighted by atomic mass is 16.6. The molecule has 4 rings (SSSR count). The van der Waals surface area contributed by atoms with Gasteiger partial charge in [-0.2, -0.15) is 0 Å². The smallest absolute Gasteiger partial charge is 0.245 e. The van der Waals surface area contributed by atoms with Gasteiger partial charge in [0.25, 0.3) is 0 Å². The fraction of sp³-hybridized carbons (Fsp3) is 0.778. The third-order valence-electron chi connectivity index (χ3n) is 5.41. The summed E-state index contributed by atoms with van der Waals surface area (Å²) in [5.74, 6) is 4.52. The summed E-state index contributed by atoms with van der Waals surface area (Å²) in [6.45, 7) is 13.3. The van der Waals surface area contributed by atoms with Crippen molar-refractivity contribution in [3.63, 3.8) is 0 Å². The number of rotatable bonds is 2. The van der Waals surface area contributed by atoms with E-state index in [0.29, 0.717) is 35.0 Å². The number of nitrogens with zero attached hydrogens (tertiary/aromatic N) is 6. The number of hydrogen-bond donors (Lipinski definition) is 0. The Kier molecular flexibility index (Phi) is 4.25. The van der Waals surface area contributed by atoms with E-state index in [1.807, 2.05) is 0 Å². The Morgan fingerprint density at radius 1 is 0.680 bits per heavy atom. The monoisotopic (exact) mass is 344 g/mol. The molecule has 0 aliphatic carbocycles.